The van der Waals surface area contributed by atoms with Crippen LogP contribution in [0.3, 0.4) is 0 Å². The van der Waals surface area contributed by atoms with Crippen LogP contribution in [0.5, 0.6) is 0 Å². The molecule has 1 nitrogen and oxygen atoms in total. The summed E-state index contributed by atoms with van der Waals surface area (Å²) in [6.45, 7) is 6.23. The summed E-state index contributed by atoms with van der Waals surface area (Å²) in [6.07, 6.45) is 0.983. The lowest BCUT2D eigenvalue weighted by Crippen LogP contribution is -1.78. The van der Waals surface area contributed by atoms with Gasteiger partial charge in [-0.3, -0.25) is 0 Å². The van der Waals surface area contributed by atoms with Gasteiger partial charge in [0.05, 0.1) is 0 Å². The predicted molar refractivity (Wildman–Crippen MR) is 49.1 cm³/mol. The summed E-state index contributed by atoms with van der Waals surface area (Å²) in [5.41, 5.74) is 0. The van der Waals surface area contributed by atoms with E-state index in [9.17, 15) is 0 Å². The van der Waals surface area contributed by atoms with Gasteiger partial charge in [0.1, 0.15) is 6.61 Å². The molecule has 0 heterocycles. The van der Waals surface area contributed by atoms with Crippen molar-refractivity contribution in [1.82, 2.24) is 0 Å². The molecule has 0 aliphatic carbocycles. The third kappa shape index (κ3) is 27.3. The number of hydrogen-bond acceptors (Lipinski definition) is 1. The molecule has 62 valence electrons. The van der Waals surface area contributed by atoms with Crippen molar-refractivity contribution in [2.24, 2.45) is 0 Å². The van der Waals surface area contributed by atoms with Crippen molar-refractivity contribution in [1.29, 1.82) is 0 Å². The van der Waals surface area contributed by atoms with Crippen LogP contribution in [0.15, 0.2) is 0 Å². The quantitative estimate of drug-likeness (QED) is 0.523. The molecule has 0 amide bonds. The van der Waals surface area contributed by atoms with E-state index in [4.69, 9.17) is 0 Å². The standard InChI is InChI=1S/C5H8O.C5H8/c1-3-4-5-6-2;1-3-5-4-2/h5H2,1-2H3;3H2,1-2H3. The van der Waals surface area contributed by atoms with Crippen LogP contribution in [0.1, 0.15) is 27.2 Å². The highest BCUT2D eigenvalue weighted by Gasteiger charge is 1.60. The molecule has 0 radical (unpaired) electrons. The van der Waals surface area contributed by atoms with Crippen molar-refractivity contribution >= 4 is 0 Å². The molecule has 0 aliphatic heterocycles. The molecule has 0 spiro atoms. The van der Waals surface area contributed by atoms with E-state index in [1.807, 2.05) is 13.8 Å². The van der Waals surface area contributed by atoms with Gasteiger partial charge in [0.15, 0.2) is 0 Å². The van der Waals surface area contributed by atoms with Crippen LogP contribution >= 0.6 is 0 Å². The highest BCUT2D eigenvalue weighted by molar-refractivity contribution is 4.94. The zero-order valence-corrected chi connectivity index (χ0v) is 7.82. The van der Waals surface area contributed by atoms with Crippen LogP contribution in [0, 0.1) is 23.7 Å². The third-order valence-electron chi connectivity index (χ3n) is 0.747. The fraction of sp³-hybridized carbons (Fsp3) is 0.600. The second kappa shape index (κ2) is 16.0. The highest BCUT2D eigenvalue weighted by atomic mass is 16.5. The predicted octanol–water partition coefficient (Wildman–Crippen LogP) is 2.08. The first-order valence-corrected chi connectivity index (χ1v) is 3.61. The maximum absolute atomic E-state index is 4.61. The Balaban J connectivity index is 0. The lowest BCUT2D eigenvalue weighted by atomic mass is 10.5. The number of hydrogen-bond donors (Lipinski definition) is 0. The SMILES string of the molecule is CC#CCC.CC#CCOC. The van der Waals surface area contributed by atoms with E-state index in [2.05, 4.69) is 28.4 Å². The van der Waals surface area contributed by atoms with Crippen molar-refractivity contribution in [3.63, 3.8) is 0 Å². The minimum Gasteiger partial charge on any atom is -0.372 e. The number of rotatable bonds is 1. The van der Waals surface area contributed by atoms with Crippen LogP contribution in [-0.4, -0.2) is 13.7 Å². The van der Waals surface area contributed by atoms with Crippen LogP contribution in [0.25, 0.3) is 0 Å². The van der Waals surface area contributed by atoms with E-state index in [1.165, 1.54) is 0 Å². The lowest BCUT2D eigenvalue weighted by Gasteiger charge is -1.78. The average molecular weight is 152 g/mol. The number of methoxy groups -OCH3 is 1. The Bertz CT molecular complexity index is 161. The van der Waals surface area contributed by atoms with E-state index < -0.39 is 0 Å². The molecule has 0 aliphatic rings. The molecular weight excluding hydrogens is 136 g/mol. The van der Waals surface area contributed by atoms with E-state index in [0.717, 1.165) is 6.42 Å². The molecule has 0 saturated carbocycles. The van der Waals surface area contributed by atoms with Crippen LogP contribution in [0.4, 0.5) is 0 Å². The molecule has 11 heavy (non-hydrogen) atoms. The zero-order valence-electron chi connectivity index (χ0n) is 7.82. The first-order valence-electron chi connectivity index (χ1n) is 3.61. The normalized spacial score (nSPS) is 5.82. The monoisotopic (exact) mass is 152 g/mol. The summed E-state index contributed by atoms with van der Waals surface area (Å²) in [4.78, 5) is 0. The molecule has 0 aromatic carbocycles. The molecule has 0 rings (SSSR count). The fourth-order valence-corrected chi connectivity index (χ4v) is 0.321. The Kier molecular flexibility index (Phi) is 18.6. The Hall–Kier alpha value is -0.920. The van der Waals surface area contributed by atoms with Gasteiger partial charge in [-0.1, -0.05) is 12.8 Å². The molecule has 0 atom stereocenters. The van der Waals surface area contributed by atoms with Gasteiger partial charge < -0.3 is 4.74 Å². The van der Waals surface area contributed by atoms with Crippen molar-refractivity contribution < 1.29 is 4.74 Å². The van der Waals surface area contributed by atoms with Crippen LogP contribution in [-0.2, 0) is 4.74 Å². The van der Waals surface area contributed by atoms with Crippen molar-refractivity contribution in [2.45, 2.75) is 27.2 Å². The highest BCUT2D eigenvalue weighted by Crippen LogP contribution is 1.62. The van der Waals surface area contributed by atoms with Crippen LogP contribution < -0.4 is 0 Å². The molecular formula is C10H16O. The third-order valence-corrected chi connectivity index (χ3v) is 0.747. The molecule has 1 heteroatoms. The molecule has 0 aromatic rings. The average Bonchev–Trinajstić information content (AvgIpc) is 2.04. The maximum Gasteiger partial charge on any atom is 0.107 e. The lowest BCUT2D eigenvalue weighted by molar-refractivity contribution is 0.240. The molecule has 0 N–H and O–H groups in total. The summed E-state index contributed by atoms with van der Waals surface area (Å²) in [6, 6.07) is 0. The van der Waals surface area contributed by atoms with E-state index >= 15 is 0 Å². The summed E-state index contributed by atoms with van der Waals surface area (Å²) >= 11 is 0. The maximum atomic E-state index is 4.61. The second-order valence-electron chi connectivity index (χ2n) is 1.64. The van der Waals surface area contributed by atoms with E-state index in [1.54, 1.807) is 14.0 Å². The Morgan fingerprint density at radius 1 is 1.09 bits per heavy atom. The van der Waals surface area contributed by atoms with Crippen molar-refractivity contribution in [3.8, 4) is 23.7 Å². The molecule has 0 fully saturated rings. The minimum atomic E-state index is 0.552. The van der Waals surface area contributed by atoms with Gasteiger partial charge in [-0.15, -0.1) is 17.8 Å². The molecule has 0 unspecified atom stereocenters. The summed E-state index contributed by atoms with van der Waals surface area (Å²) in [5.74, 6) is 11.0. The van der Waals surface area contributed by atoms with Gasteiger partial charge in [-0.25, -0.2) is 0 Å². The first kappa shape index (κ1) is 12.7. The second-order valence-corrected chi connectivity index (χ2v) is 1.64. The summed E-state index contributed by atoms with van der Waals surface area (Å²) in [7, 11) is 1.63. The molecule has 0 aromatic heterocycles. The van der Waals surface area contributed by atoms with Gasteiger partial charge in [-0.05, 0) is 13.8 Å². The van der Waals surface area contributed by atoms with Crippen molar-refractivity contribution in [2.75, 3.05) is 13.7 Å². The Labute approximate surface area is 70.1 Å². The van der Waals surface area contributed by atoms with Gasteiger partial charge >= 0.3 is 0 Å². The molecule has 0 saturated heterocycles. The Morgan fingerprint density at radius 3 is 1.73 bits per heavy atom. The Morgan fingerprint density at radius 2 is 1.64 bits per heavy atom. The van der Waals surface area contributed by atoms with Gasteiger partial charge in [0.2, 0.25) is 0 Å². The van der Waals surface area contributed by atoms with E-state index in [0.29, 0.717) is 6.61 Å². The summed E-state index contributed by atoms with van der Waals surface area (Å²) < 4.78 is 4.61. The fourth-order valence-electron chi connectivity index (χ4n) is 0.321. The molecule has 0 bridgehead atoms. The van der Waals surface area contributed by atoms with Crippen molar-refractivity contribution in [3.05, 3.63) is 0 Å². The van der Waals surface area contributed by atoms with Gasteiger partial charge in [0.25, 0.3) is 0 Å². The summed E-state index contributed by atoms with van der Waals surface area (Å²) in [5, 5.41) is 0. The smallest absolute Gasteiger partial charge is 0.107 e. The van der Waals surface area contributed by atoms with Crippen LogP contribution in [0.2, 0.25) is 0 Å². The van der Waals surface area contributed by atoms with Gasteiger partial charge in [-0.2, -0.15) is 0 Å². The largest absolute Gasteiger partial charge is 0.372 e. The van der Waals surface area contributed by atoms with Gasteiger partial charge in [0, 0.05) is 13.5 Å². The number of ether oxygens (including phenoxy) is 1. The van der Waals surface area contributed by atoms with E-state index in [-0.39, 0.29) is 0 Å². The first-order chi connectivity index (χ1) is 5.33. The zero-order chi connectivity index (χ0) is 8.95. The topological polar surface area (TPSA) is 9.23 Å². The minimum absolute atomic E-state index is 0.552.